The number of primary amides is 2. The molecular formula is C20H11ClI6N4O6. The van der Waals surface area contributed by atoms with Crippen molar-refractivity contribution in [2.75, 3.05) is 10.6 Å². The number of hydrogen-bond acceptors (Lipinski definition) is 6. The third kappa shape index (κ3) is 7.35. The summed E-state index contributed by atoms with van der Waals surface area (Å²) in [6, 6.07) is 0. The minimum absolute atomic E-state index is 0.00380. The summed E-state index contributed by atoms with van der Waals surface area (Å²) in [5.41, 5.74) is 11.5. The summed E-state index contributed by atoms with van der Waals surface area (Å²) in [6.07, 6.45) is -0.673. The fourth-order valence-electron chi connectivity index (χ4n) is 2.97. The van der Waals surface area contributed by atoms with E-state index in [1.54, 1.807) is 67.8 Å². The van der Waals surface area contributed by atoms with Gasteiger partial charge in [-0.05, 0) is 154 Å². The first kappa shape index (κ1) is 33.5. The Balaban J connectivity index is 2.45. The minimum atomic E-state index is -0.852. The van der Waals surface area contributed by atoms with Crippen molar-refractivity contribution in [2.45, 2.75) is 13.3 Å². The fourth-order valence-corrected chi connectivity index (χ4v) is 12.7. The van der Waals surface area contributed by atoms with Crippen LogP contribution < -0.4 is 22.1 Å². The van der Waals surface area contributed by atoms with E-state index in [1.165, 1.54) is 6.92 Å². The highest BCUT2D eigenvalue weighted by Gasteiger charge is 2.29. The Bertz CT molecular complexity index is 1240. The Morgan fingerprint density at radius 2 is 0.946 bits per heavy atom. The number of hydrogen-bond donors (Lipinski definition) is 4. The molecule has 17 heteroatoms. The highest BCUT2D eigenvalue weighted by Crippen LogP contribution is 2.37. The number of amides is 4. The Hall–Kier alpha value is 0.330. The van der Waals surface area contributed by atoms with E-state index in [-0.39, 0.29) is 50.1 Å². The summed E-state index contributed by atoms with van der Waals surface area (Å²) < 4.78 is 1.84. The second-order valence-electron chi connectivity index (χ2n) is 6.97. The van der Waals surface area contributed by atoms with Crippen LogP contribution in [0.2, 0.25) is 0 Å². The first-order chi connectivity index (χ1) is 17.0. The van der Waals surface area contributed by atoms with Crippen LogP contribution in [0.4, 0.5) is 11.4 Å². The third-order valence-corrected chi connectivity index (χ3v) is 11.2. The van der Waals surface area contributed by atoms with Gasteiger partial charge in [-0.3, -0.25) is 28.8 Å². The molecule has 0 unspecified atom stereocenters. The molecule has 6 N–H and O–H groups in total. The van der Waals surface area contributed by atoms with E-state index in [2.05, 4.69) is 10.6 Å². The van der Waals surface area contributed by atoms with Crippen molar-refractivity contribution >= 4 is 193 Å². The number of nitrogens with two attached hydrogens (primary N) is 2. The van der Waals surface area contributed by atoms with Gasteiger partial charge in [-0.25, -0.2) is 0 Å². The lowest BCUT2D eigenvalue weighted by Crippen LogP contribution is -2.26. The van der Waals surface area contributed by atoms with Gasteiger partial charge >= 0.3 is 0 Å². The van der Waals surface area contributed by atoms with Gasteiger partial charge in [0, 0.05) is 16.3 Å². The van der Waals surface area contributed by atoms with Crippen molar-refractivity contribution in [2.24, 2.45) is 11.5 Å². The number of anilines is 2. The van der Waals surface area contributed by atoms with Gasteiger partial charge in [-0.2, -0.15) is 0 Å². The van der Waals surface area contributed by atoms with Crippen LogP contribution in [0.5, 0.6) is 0 Å². The maximum atomic E-state index is 12.8. The predicted molar refractivity (Wildman–Crippen MR) is 188 cm³/mol. The van der Waals surface area contributed by atoms with Crippen LogP contribution in [0.15, 0.2) is 0 Å². The normalized spacial score (nSPS) is 10.6. The topological polar surface area (TPSA) is 179 Å². The number of nitrogens with one attached hydrogen (secondary N) is 2. The lowest BCUT2D eigenvalue weighted by molar-refractivity contribution is -0.123. The van der Waals surface area contributed by atoms with Crippen LogP contribution in [0.1, 0.15) is 54.8 Å². The molecule has 196 valence electrons. The van der Waals surface area contributed by atoms with Gasteiger partial charge in [0.05, 0.1) is 38.8 Å². The standard InChI is InChI=1S/C20H11ClI6N4O6/c1-3(32)6-10(22)8(19(28)36)14(26)16(12(6)24)30-4(33)2-5(34)31-17-13(25)7(18(21)35)11(23)9(15(17)27)20(29)37/h2H2,1H3,(H2,28,36)(H2,29,37)(H,30,33)(H,31,34). The monoisotopic (exact) mass is 1200 g/mol. The average molecular weight is 1200 g/mol. The number of halogens is 7. The molecule has 0 radical (unpaired) electrons. The molecule has 4 amide bonds. The Kier molecular flexibility index (Phi) is 12.5. The number of benzene rings is 2. The van der Waals surface area contributed by atoms with Gasteiger partial charge in [0.2, 0.25) is 11.8 Å². The SMILES string of the molecule is CC(=O)c1c(I)c(NC(=O)CC(=O)Nc2c(I)c(C(N)=O)c(I)c(C(=O)Cl)c2I)c(I)c(C(N)=O)c1I. The molecule has 0 spiro atoms. The zero-order chi connectivity index (χ0) is 28.5. The van der Waals surface area contributed by atoms with E-state index in [9.17, 15) is 28.8 Å². The Morgan fingerprint density at radius 1 is 0.622 bits per heavy atom. The van der Waals surface area contributed by atoms with Crippen molar-refractivity contribution in [1.29, 1.82) is 0 Å². The minimum Gasteiger partial charge on any atom is -0.366 e. The summed E-state index contributed by atoms with van der Waals surface area (Å²) in [4.78, 5) is 73.9. The van der Waals surface area contributed by atoms with Crippen LogP contribution in [-0.4, -0.2) is 34.7 Å². The molecule has 37 heavy (non-hydrogen) atoms. The van der Waals surface area contributed by atoms with Gasteiger partial charge in [-0.15, -0.1) is 0 Å². The molecule has 0 aromatic heterocycles. The lowest BCUT2D eigenvalue weighted by atomic mass is 10.1. The van der Waals surface area contributed by atoms with Crippen molar-refractivity contribution in [3.05, 3.63) is 43.7 Å². The second kappa shape index (κ2) is 13.8. The van der Waals surface area contributed by atoms with Gasteiger partial charge < -0.3 is 22.1 Å². The Morgan fingerprint density at radius 3 is 1.27 bits per heavy atom. The lowest BCUT2D eigenvalue weighted by Gasteiger charge is -2.18. The molecule has 0 saturated carbocycles. The molecule has 2 rings (SSSR count). The summed E-state index contributed by atoms with van der Waals surface area (Å²) in [6.45, 7) is 1.32. The highest BCUT2D eigenvalue weighted by molar-refractivity contribution is 14.1. The molecule has 2 aromatic carbocycles. The molecule has 10 nitrogen and oxygen atoms in total. The highest BCUT2D eigenvalue weighted by atomic mass is 127. The van der Waals surface area contributed by atoms with Crippen molar-refractivity contribution in [1.82, 2.24) is 0 Å². The first-order valence-corrected chi connectivity index (χ1v) is 16.2. The Labute approximate surface area is 296 Å². The summed E-state index contributed by atoms with van der Waals surface area (Å²) in [5, 5.41) is 4.27. The van der Waals surface area contributed by atoms with E-state index in [0.29, 0.717) is 10.7 Å². The molecule has 0 fully saturated rings. The van der Waals surface area contributed by atoms with Gasteiger partial charge in [0.25, 0.3) is 17.1 Å². The molecule has 0 aliphatic carbocycles. The average Bonchev–Trinajstić information content (AvgIpc) is 2.73. The zero-order valence-corrected chi connectivity index (χ0v) is 31.7. The second-order valence-corrected chi connectivity index (χ2v) is 13.8. The molecule has 0 bridgehead atoms. The molecule has 0 saturated heterocycles. The quantitative estimate of drug-likeness (QED) is 0.124. The van der Waals surface area contributed by atoms with Crippen LogP contribution in [0, 0.1) is 21.4 Å². The molecule has 0 heterocycles. The number of carbonyl (C=O) groups excluding carboxylic acids is 6. The van der Waals surface area contributed by atoms with Crippen LogP contribution in [0.25, 0.3) is 0 Å². The van der Waals surface area contributed by atoms with Crippen LogP contribution >= 0.6 is 147 Å². The smallest absolute Gasteiger partial charge is 0.254 e. The van der Waals surface area contributed by atoms with Crippen molar-refractivity contribution in [3.8, 4) is 0 Å². The van der Waals surface area contributed by atoms with Gasteiger partial charge in [0.1, 0.15) is 6.42 Å². The van der Waals surface area contributed by atoms with Crippen molar-refractivity contribution < 1.29 is 28.8 Å². The van der Waals surface area contributed by atoms with Gasteiger partial charge in [-0.1, -0.05) is 0 Å². The maximum absolute atomic E-state index is 12.8. The molecule has 0 aliphatic rings. The number of ketones is 1. The van der Waals surface area contributed by atoms with Crippen molar-refractivity contribution in [3.63, 3.8) is 0 Å². The molecular weight excluding hydrogens is 1190 g/mol. The largest absolute Gasteiger partial charge is 0.366 e. The van der Waals surface area contributed by atoms with Crippen LogP contribution in [0.3, 0.4) is 0 Å². The number of carbonyl (C=O) groups is 6. The summed E-state index contributed by atoms with van der Waals surface area (Å²) in [5.74, 6) is -3.46. The van der Waals surface area contributed by atoms with E-state index in [1.807, 2.05) is 67.8 Å². The first-order valence-electron chi connectivity index (χ1n) is 9.33. The summed E-state index contributed by atoms with van der Waals surface area (Å²) in [7, 11) is 0. The van der Waals surface area contributed by atoms with E-state index in [0.717, 1.165) is 0 Å². The maximum Gasteiger partial charge on any atom is 0.254 e. The zero-order valence-electron chi connectivity index (χ0n) is 18.0. The van der Waals surface area contributed by atoms with E-state index in [4.69, 9.17) is 23.1 Å². The predicted octanol–water partition coefficient (Wildman–Crippen LogP) is 5.06. The molecule has 2 aromatic rings. The summed E-state index contributed by atoms with van der Waals surface area (Å²) >= 11 is 16.6. The molecule has 0 aliphatic heterocycles. The number of rotatable bonds is 8. The third-order valence-electron chi connectivity index (χ3n) is 4.53. The van der Waals surface area contributed by atoms with E-state index >= 15 is 0 Å². The van der Waals surface area contributed by atoms with Gasteiger partial charge in [0.15, 0.2) is 5.78 Å². The molecule has 0 atom stereocenters. The van der Waals surface area contributed by atoms with E-state index < -0.39 is 35.3 Å². The fraction of sp³-hybridized carbons (Fsp3) is 0.100. The van der Waals surface area contributed by atoms with Crippen LogP contribution in [-0.2, 0) is 9.59 Å². The number of Topliss-reactive ketones (excluding diaryl/α,β-unsaturated/α-hetero) is 1.